The van der Waals surface area contributed by atoms with Crippen LogP contribution in [0, 0.1) is 34.4 Å². The molecule has 0 radical (unpaired) electrons. The summed E-state index contributed by atoms with van der Waals surface area (Å²) in [7, 11) is -3.84. The van der Waals surface area contributed by atoms with Gasteiger partial charge in [-0.25, -0.2) is 26.0 Å². The van der Waals surface area contributed by atoms with E-state index in [-0.39, 0.29) is 0 Å². The lowest BCUT2D eigenvalue weighted by atomic mass is 10.2. The topological polar surface area (TPSA) is 34.1 Å². The van der Waals surface area contributed by atoms with Gasteiger partial charge in [0.2, 0.25) is 9.84 Å². The summed E-state index contributed by atoms with van der Waals surface area (Å²) < 4.78 is 72.6. The van der Waals surface area contributed by atoms with Gasteiger partial charge in [-0.05, 0) is 21.9 Å². The van der Waals surface area contributed by atoms with Gasteiger partial charge < -0.3 is 0 Å². The Morgan fingerprint density at radius 2 is 1.41 bits per heavy atom. The van der Waals surface area contributed by atoms with Gasteiger partial charge in [0.25, 0.3) is 0 Å². The third kappa shape index (κ3) is 2.98. The first kappa shape index (κ1) is 14.0. The lowest BCUT2D eigenvalue weighted by Crippen LogP contribution is -2.02. The fourth-order valence-electron chi connectivity index (χ4n) is 0.858. The van der Waals surface area contributed by atoms with Crippen LogP contribution in [-0.4, -0.2) is 14.7 Å². The molecule has 0 aromatic heterocycles. The van der Waals surface area contributed by atoms with Crippen LogP contribution in [0.2, 0.25) is 0 Å². The molecule has 0 amide bonds. The molecular formula is C9H3BrF4O2S. The van der Waals surface area contributed by atoms with Gasteiger partial charge in [-0.15, -0.1) is 0 Å². The third-order valence-corrected chi connectivity index (χ3v) is 2.74. The maximum absolute atomic E-state index is 13.2. The number of sulfone groups is 1. The van der Waals surface area contributed by atoms with Gasteiger partial charge in [0.1, 0.15) is 5.56 Å². The van der Waals surface area contributed by atoms with Crippen molar-refractivity contribution in [3.63, 3.8) is 0 Å². The van der Waals surface area contributed by atoms with E-state index in [4.69, 9.17) is 0 Å². The van der Waals surface area contributed by atoms with Crippen molar-refractivity contribution in [2.45, 2.75) is 0 Å². The second-order valence-corrected chi connectivity index (χ2v) is 5.49. The normalized spacial score (nSPS) is 10.9. The van der Waals surface area contributed by atoms with Gasteiger partial charge in [-0.3, -0.25) is 0 Å². The number of hydrogen-bond acceptors (Lipinski definition) is 2. The average molecular weight is 331 g/mol. The van der Waals surface area contributed by atoms with E-state index >= 15 is 0 Å². The molecule has 0 N–H and O–H groups in total. The average Bonchev–Trinajstić information content (AvgIpc) is 2.22. The van der Waals surface area contributed by atoms with E-state index in [1.807, 2.05) is 0 Å². The first-order valence-electron chi connectivity index (χ1n) is 3.89. The molecule has 0 aliphatic rings. The Hall–Kier alpha value is -1.07. The quantitative estimate of drug-likeness (QED) is 0.317. The highest BCUT2D eigenvalue weighted by Crippen LogP contribution is 2.27. The smallest absolute Gasteiger partial charge is 0.214 e. The molecule has 0 spiro atoms. The summed E-state index contributed by atoms with van der Waals surface area (Å²) in [4.78, 5) is 0. The predicted molar refractivity (Wildman–Crippen MR) is 55.7 cm³/mol. The van der Waals surface area contributed by atoms with Crippen LogP contribution >= 0.6 is 15.9 Å². The fourth-order valence-corrected chi connectivity index (χ4v) is 1.49. The molecular weight excluding hydrogens is 328 g/mol. The minimum atomic E-state index is -3.84. The van der Waals surface area contributed by atoms with Crippen LogP contribution in [0.15, 0.2) is 4.47 Å². The fraction of sp³-hybridized carbons (Fsp3) is 0.111. The highest BCUT2D eigenvalue weighted by atomic mass is 79.9. The van der Waals surface area contributed by atoms with Crippen LogP contribution in [0.5, 0.6) is 0 Å². The van der Waals surface area contributed by atoms with Crippen molar-refractivity contribution in [1.29, 1.82) is 0 Å². The van der Waals surface area contributed by atoms with Gasteiger partial charge in [0, 0.05) is 5.25 Å². The molecule has 0 atom stereocenters. The number of hydrogen-bond donors (Lipinski definition) is 0. The summed E-state index contributed by atoms with van der Waals surface area (Å²) in [5.41, 5.74) is -1.27. The summed E-state index contributed by atoms with van der Waals surface area (Å²) in [6, 6.07) is 0. The first-order chi connectivity index (χ1) is 7.65. The predicted octanol–water partition coefficient (Wildman–Crippen LogP) is 2.36. The molecule has 0 fully saturated rings. The van der Waals surface area contributed by atoms with Gasteiger partial charge >= 0.3 is 0 Å². The van der Waals surface area contributed by atoms with Crippen molar-refractivity contribution in [2.75, 3.05) is 6.26 Å². The second kappa shape index (κ2) is 4.66. The van der Waals surface area contributed by atoms with Crippen LogP contribution in [0.4, 0.5) is 17.6 Å². The summed E-state index contributed by atoms with van der Waals surface area (Å²) in [5.74, 6) is -5.33. The molecule has 0 unspecified atom stereocenters. The molecule has 0 saturated carbocycles. The van der Waals surface area contributed by atoms with Crippen molar-refractivity contribution >= 4 is 25.8 Å². The summed E-state index contributed by atoms with van der Waals surface area (Å²) >= 11 is 2.31. The zero-order valence-corrected chi connectivity index (χ0v) is 10.5. The van der Waals surface area contributed by atoms with Gasteiger partial charge in [0.05, 0.1) is 10.7 Å². The molecule has 0 aliphatic heterocycles. The van der Waals surface area contributed by atoms with Gasteiger partial charge in [0.15, 0.2) is 23.3 Å². The number of rotatable bonds is 0. The van der Waals surface area contributed by atoms with E-state index in [9.17, 15) is 26.0 Å². The van der Waals surface area contributed by atoms with Crippen molar-refractivity contribution in [3.8, 4) is 11.2 Å². The van der Waals surface area contributed by atoms with Crippen LogP contribution in [-0.2, 0) is 9.84 Å². The molecule has 17 heavy (non-hydrogen) atoms. The second-order valence-electron chi connectivity index (χ2n) is 2.94. The first-order valence-corrected chi connectivity index (χ1v) is 6.58. The minimum Gasteiger partial charge on any atom is -0.216 e. The molecule has 0 saturated heterocycles. The molecule has 8 heteroatoms. The molecule has 0 heterocycles. The van der Waals surface area contributed by atoms with Crippen LogP contribution in [0.25, 0.3) is 0 Å². The largest absolute Gasteiger partial charge is 0.216 e. The van der Waals surface area contributed by atoms with Gasteiger partial charge in [-0.1, -0.05) is 0 Å². The molecule has 0 aliphatic carbocycles. The summed E-state index contributed by atoms with van der Waals surface area (Å²) in [5, 5.41) is 1.49. The minimum absolute atomic E-state index is 0.682. The zero-order valence-electron chi connectivity index (χ0n) is 8.11. The van der Waals surface area contributed by atoms with Crippen LogP contribution in [0.1, 0.15) is 5.56 Å². The number of benzene rings is 1. The van der Waals surface area contributed by atoms with Crippen molar-refractivity contribution in [3.05, 3.63) is 33.3 Å². The Bertz CT molecular complexity index is 614. The lowest BCUT2D eigenvalue weighted by molar-refractivity contribution is 0.443. The molecule has 0 bridgehead atoms. The Kier molecular flexibility index (Phi) is 3.84. The maximum Gasteiger partial charge on any atom is 0.214 e. The Labute approximate surface area is 103 Å². The highest BCUT2D eigenvalue weighted by Gasteiger charge is 2.23. The van der Waals surface area contributed by atoms with Crippen molar-refractivity contribution in [2.24, 2.45) is 0 Å². The maximum atomic E-state index is 13.2. The Balaban J connectivity index is 3.60. The Morgan fingerprint density at radius 3 is 1.76 bits per heavy atom. The third-order valence-electron chi connectivity index (χ3n) is 1.57. The zero-order chi connectivity index (χ0) is 13.4. The SMILES string of the molecule is CS(=O)(=O)C#Cc1c(F)c(F)c(Br)c(F)c1F. The molecule has 1 aromatic rings. The standard InChI is InChI=1S/C9H3BrF4O2S/c1-17(15,16)3-2-4-6(11)8(13)5(10)9(14)7(4)12/h1H3. The van der Waals surface area contributed by atoms with Crippen molar-refractivity contribution < 1.29 is 26.0 Å². The summed E-state index contributed by atoms with van der Waals surface area (Å²) in [6.07, 6.45) is 0.682. The number of halogens is 5. The van der Waals surface area contributed by atoms with E-state index in [0.29, 0.717) is 6.26 Å². The summed E-state index contributed by atoms with van der Waals surface area (Å²) in [6.45, 7) is 0. The molecule has 2 nitrogen and oxygen atoms in total. The lowest BCUT2D eigenvalue weighted by Gasteiger charge is -2.03. The molecule has 92 valence electrons. The van der Waals surface area contributed by atoms with E-state index in [0.717, 1.165) is 0 Å². The van der Waals surface area contributed by atoms with Crippen LogP contribution in [0.3, 0.4) is 0 Å². The highest BCUT2D eigenvalue weighted by molar-refractivity contribution is 9.10. The molecule has 1 aromatic carbocycles. The van der Waals surface area contributed by atoms with E-state index in [1.165, 1.54) is 5.25 Å². The van der Waals surface area contributed by atoms with E-state index in [2.05, 4.69) is 15.9 Å². The monoisotopic (exact) mass is 330 g/mol. The van der Waals surface area contributed by atoms with E-state index < -0.39 is 43.1 Å². The molecule has 1 rings (SSSR count). The van der Waals surface area contributed by atoms with Gasteiger partial charge in [-0.2, -0.15) is 0 Å². The van der Waals surface area contributed by atoms with E-state index in [1.54, 1.807) is 5.92 Å². The Morgan fingerprint density at radius 1 is 1.00 bits per heavy atom. The van der Waals surface area contributed by atoms with Crippen molar-refractivity contribution in [1.82, 2.24) is 0 Å². The van der Waals surface area contributed by atoms with Crippen LogP contribution < -0.4 is 0 Å².